The summed E-state index contributed by atoms with van der Waals surface area (Å²) in [6.07, 6.45) is 11.5. The van der Waals surface area contributed by atoms with E-state index >= 15 is 0 Å². The van der Waals surface area contributed by atoms with E-state index in [9.17, 15) is 9.59 Å². The Morgan fingerprint density at radius 1 is 0.632 bits per heavy atom. The first-order chi connectivity index (χ1) is 27.0. The van der Waals surface area contributed by atoms with Crippen LogP contribution in [0.15, 0.2) is 30.3 Å². The van der Waals surface area contributed by atoms with E-state index in [1.54, 1.807) is 14.2 Å². The molecule has 0 radical (unpaired) electrons. The van der Waals surface area contributed by atoms with Crippen molar-refractivity contribution in [1.29, 1.82) is 0 Å². The lowest BCUT2D eigenvalue weighted by Gasteiger charge is -2.62. The van der Waals surface area contributed by atoms with E-state index in [2.05, 4.69) is 79.7 Å². The summed E-state index contributed by atoms with van der Waals surface area (Å²) in [6, 6.07) is 10.5. The largest absolute Gasteiger partial charge is 0.381 e. The molecular weight excluding hydrogens is 717 g/mol. The van der Waals surface area contributed by atoms with Crippen LogP contribution in [0.5, 0.6) is 0 Å². The normalized spacial score (nSPS) is 46.8. The number of ketones is 2. The average molecular weight is 795 g/mol. The molecule has 0 aromatic heterocycles. The summed E-state index contributed by atoms with van der Waals surface area (Å²) in [5.74, 6) is 2.76. The van der Waals surface area contributed by atoms with Gasteiger partial charge < -0.3 is 28.4 Å². The van der Waals surface area contributed by atoms with Crippen molar-refractivity contribution in [3.05, 3.63) is 35.9 Å². The summed E-state index contributed by atoms with van der Waals surface area (Å²) in [5, 5.41) is 0. The van der Waals surface area contributed by atoms with Crippen LogP contribution < -0.4 is 0 Å². The second kappa shape index (κ2) is 17.4. The Balaban J connectivity index is 0.000000199. The van der Waals surface area contributed by atoms with Crippen LogP contribution in [0.25, 0.3) is 0 Å². The molecular formula is C49H78O8. The second-order valence-electron chi connectivity index (χ2n) is 20.6. The molecule has 57 heavy (non-hydrogen) atoms. The van der Waals surface area contributed by atoms with Crippen LogP contribution in [0.1, 0.15) is 125 Å². The van der Waals surface area contributed by atoms with Gasteiger partial charge in [0.25, 0.3) is 0 Å². The smallest absolute Gasteiger partial charge is 0.146 e. The molecule has 6 saturated carbocycles. The molecule has 1 aromatic rings. The predicted octanol–water partition coefficient (Wildman–Crippen LogP) is 9.75. The van der Waals surface area contributed by atoms with Gasteiger partial charge >= 0.3 is 0 Å². The molecule has 8 heteroatoms. The molecule has 322 valence electrons. The van der Waals surface area contributed by atoms with E-state index in [0.29, 0.717) is 42.0 Å². The maximum absolute atomic E-state index is 14.3. The molecule has 0 spiro atoms. The highest BCUT2D eigenvalue weighted by atomic mass is 16.7. The van der Waals surface area contributed by atoms with E-state index in [4.69, 9.17) is 28.4 Å². The van der Waals surface area contributed by atoms with E-state index in [0.717, 1.165) is 64.2 Å². The summed E-state index contributed by atoms with van der Waals surface area (Å²) < 4.78 is 35.5. The second-order valence-corrected chi connectivity index (χ2v) is 20.6. The van der Waals surface area contributed by atoms with Crippen molar-refractivity contribution in [2.75, 3.05) is 42.0 Å². The molecule has 6 aliphatic carbocycles. The minimum absolute atomic E-state index is 0.00787. The van der Waals surface area contributed by atoms with E-state index in [-0.39, 0.29) is 70.6 Å². The van der Waals surface area contributed by atoms with Crippen molar-refractivity contribution in [2.45, 2.75) is 150 Å². The van der Waals surface area contributed by atoms with Gasteiger partial charge in [-0.25, -0.2) is 0 Å². The standard InChI is InChI=1S/C28H42O4.C21H36O4/c1-19-12-14-28-15-13-22(31-6)24(28)27(19,4)23(32-18-30-5)17-26(3,25(29)20(28)2)16-21-10-8-7-9-11-21;1-13-11-17(25-12-23-5)20(4)14(2)7-9-21(15(3)18(13)22)10-8-16(24-6)19(20)21/h7-11,19-20,22-24H,12-18H2,1-6H3;13-17,19H,7-12H2,1-6H3/t19-,20+,22-,23?,24?,26-,27+,28?;13-,14+,15-,16+,17?,19?,20-,21?/m10/s1. The monoisotopic (exact) mass is 795 g/mol. The summed E-state index contributed by atoms with van der Waals surface area (Å²) in [4.78, 5) is 27.5. The van der Waals surface area contributed by atoms with Crippen LogP contribution in [-0.2, 0) is 44.4 Å². The highest BCUT2D eigenvalue weighted by Crippen LogP contribution is 2.70. The minimum atomic E-state index is -0.472. The SMILES string of the molecule is COCOC1C[C@@](C)(Cc2ccccc2)C(=O)[C@H](C)C23CC[C@@H](C)[C@]1(C)C2[C@H](OC)CC3.COCOC1C[C@H](C)C(=O)[C@H](C)C23CC[C@@H](C)[C@]1(C)C2[C@H](OC)CC3. The fraction of sp³-hybridized carbons (Fsp3) is 0.837. The van der Waals surface area contributed by atoms with Crippen LogP contribution in [0.2, 0.25) is 0 Å². The summed E-state index contributed by atoms with van der Waals surface area (Å²) in [7, 11) is 7.05. The van der Waals surface area contributed by atoms with Crippen molar-refractivity contribution in [1.82, 2.24) is 0 Å². The summed E-state index contributed by atoms with van der Waals surface area (Å²) >= 11 is 0. The Hall–Kier alpha value is -1.68. The number of carbonyl (C=O) groups is 2. The molecule has 6 unspecified atom stereocenters. The lowest BCUT2D eigenvalue weighted by atomic mass is 9.43. The van der Waals surface area contributed by atoms with Crippen molar-refractivity contribution in [3.63, 3.8) is 0 Å². The minimum Gasteiger partial charge on any atom is -0.381 e. The van der Waals surface area contributed by atoms with Crippen LogP contribution >= 0.6 is 0 Å². The number of hydrogen-bond donors (Lipinski definition) is 0. The average Bonchev–Trinajstić information content (AvgIpc) is 3.81. The highest BCUT2D eigenvalue weighted by molar-refractivity contribution is 5.88. The molecule has 16 atom stereocenters. The zero-order chi connectivity index (χ0) is 41.6. The first-order valence-corrected chi connectivity index (χ1v) is 22.4. The number of Topliss-reactive ketones (excluding diaryl/α,β-unsaturated/α-hetero) is 2. The zero-order valence-corrected chi connectivity index (χ0v) is 37.7. The third-order valence-electron chi connectivity index (χ3n) is 18.4. The van der Waals surface area contributed by atoms with Gasteiger partial charge in [-0.05, 0) is 111 Å². The van der Waals surface area contributed by atoms with Gasteiger partial charge in [0, 0.05) is 62.4 Å². The topological polar surface area (TPSA) is 89.5 Å². The lowest BCUT2D eigenvalue weighted by Crippen LogP contribution is -2.63. The first-order valence-electron chi connectivity index (χ1n) is 22.4. The van der Waals surface area contributed by atoms with Gasteiger partial charge in [0.05, 0.1) is 24.4 Å². The van der Waals surface area contributed by atoms with Crippen molar-refractivity contribution < 1.29 is 38.0 Å². The summed E-state index contributed by atoms with van der Waals surface area (Å²) in [6.45, 7) is 18.8. The van der Waals surface area contributed by atoms with Crippen molar-refractivity contribution in [2.24, 2.45) is 68.5 Å². The maximum Gasteiger partial charge on any atom is 0.146 e. The molecule has 6 aliphatic rings. The van der Waals surface area contributed by atoms with E-state index in [1.807, 2.05) is 20.3 Å². The van der Waals surface area contributed by atoms with Crippen LogP contribution in [0.4, 0.5) is 0 Å². The molecule has 4 bridgehead atoms. The Morgan fingerprint density at radius 3 is 1.61 bits per heavy atom. The Bertz CT molecular complexity index is 1530. The molecule has 1 aromatic carbocycles. The van der Waals surface area contributed by atoms with Gasteiger partial charge in [0.1, 0.15) is 25.2 Å². The third-order valence-corrected chi connectivity index (χ3v) is 18.4. The molecule has 7 rings (SSSR count). The van der Waals surface area contributed by atoms with Gasteiger partial charge in [0.15, 0.2) is 0 Å². The molecule has 0 amide bonds. The fourth-order valence-electron chi connectivity index (χ4n) is 14.9. The quantitative estimate of drug-likeness (QED) is 0.217. The van der Waals surface area contributed by atoms with Gasteiger partial charge in [-0.2, -0.15) is 0 Å². The Morgan fingerprint density at radius 2 is 1.11 bits per heavy atom. The number of benzene rings is 1. The van der Waals surface area contributed by atoms with Crippen LogP contribution in [0.3, 0.4) is 0 Å². The van der Waals surface area contributed by atoms with Crippen molar-refractivity contribution in [3.8, 4) is 0 Å². The third kappa shape index (κ3) is 7.34. The van der Waals surface area contributed by atoms with Gasteiger partial charge in [-0.3, -0.25) is 9.59 Å². The molecule has 6 fully saturated rings. The number of rotatable bonds is 10. The molecule has 0 N–H and O–H groups in total. The zero-order valence-electron chi connectivity index (χ0n) is 37.7. The first kappa shape index (κ1) is 44.9. The fourth-order valence-corrected chi connectivity index (χ4v) is 14.9. The molecule has 0 aliphatic heterocycles. The summed E-state index contributed by atoms with van der Waals surface area (Å²) in [5.41, 5.74) is 0.757. The van der Waals surface area contributed by atoms with Gasteiger partial charge in [-0.15, -0.1) is 0 Å². The lowest BCUT2D eigenvalue weighted by molar-refractivity contribution is -0.219. The molecule has 0 saturated heterocycles. The van der Waals surface area contributed by atoms with E-state index in [1.165, 1.54) is 12.0 Å². The number of carbonyl (C=O) groups excluding carboxylic acids is 2. The predicted molar refractivity (Wildman–Crippen MR) is 223 cm³/mol. The molecule has 8 nitrogen and oxygen atoms in total. The Labute approximate surface area is 345 Å². The Kier molecular flexibility index (Phi) is 13.7. The van der Waals surface area contributed by atoms with Crippen LogP contribution in [-0.4, -0.2) is 78.0 Å². The van der Waals surface area contributed by atoms with Gasteiger partial charge in [-0.1, -0.05) is 85.7 Å². The van der Waals surface area contributed by atoms with Crippen LogP contribution in [0, 0.1) is 68.5 Å². The van der Waals surface area contributed by atoms with E-state index < -0.39 is 5.41 Å². The number of methoxy groups -OCH3 is 4. The number of ether oxygens (including phenoxy) is 6. The number of hydrogen-bond acceptors (Lipinski definition) is 8. The molecule has 0 heterocycles. The highest BCUT2D eigenvalue weighted by Gasteiger charge is 2.69. The maximum atomic E-state index is 14.3. The van der Waals surface area contributed by atoms with Gasteiger partial charge in [0.2, 0.25) is 0 Å². The van der Waals surface area contributed by atoms with Crippen molar-refractivity contribution >= 4 is 11.6 Å².